The summed E-state index contributed by atoms with van der Waals surface area (Å²) >= 11 is 0. The normalized spacial score (nSPS) is 12.0. The predicted octanol–water partition coefficient (Wildman–Crippen LogP) is 3.41. The van der Waals surface area contributed by atoms with Gasteiger partial charge >= 0.3 is 0 Å². The fourth-order valence-corrected chi connectivity index (χ4v) is 2.73. The third-order valence-electron chi connectivity index (χ3n) is 3.59. The van der Waals surface area contributed by atoms with E-state index in [1.54, 1.807) is 43.3 Å². The van der Waals surface area contributed by atoms with Crippen LogP contribution in [-0.2, 0) is 4.79 Å². The first kappa shape index (κ1) is 18.2. The average molecular weight is 305 g/mol. The van der Waals surface area contributed by atoms with E-state index >= 15 is 0 Å². The number of ether oxygens (including phenoxy) is 1. The number of ketones is 1. The van der Waals surface area contributed by atoms with Gasteiger partial charge in [-0.25, -0.2) is 0 Å². The Hall–Kier alpha value is -1.84. The minimum atomic E-state index is -0.596. The Balaban J connectivity index is 2.89. The van der Waals surface area contributed by atoms with E-state index in [1.807, 2.05) is 34.6 Å². The van der Waals surface area contributed by atoms with Crippen LogP contribution in [0.5, 0.6) is 5.75 Å². The predicted molar refractivity (Wildman–Crippen MR) is 88.2 cm³/mol. The molecule has 0 saturated heterocycles. The van der Waals surface area contributed by atoms with Crippen LogP contribution in [0.1, 0.15) is 45.0 Å². The van der Waals surface area contributed by atoms with Crippen LogP contribution in [0.3, 0.4) is 0 Å². The molecule has 4 heteroatoms. The van der Waals surface area contributed by atoms with Gasteiger partial charge in [-0.2, -0.15) is 0 Å². The highest BCUT2D eigenvalue weighted by Gasteiger charge is 2.37. The summed E-state index contributed by atoms with van der Waals surface area (Å²) in [6, 6.07) is 7.03. The summed E-state index contributed by atoms with van der Waals surface area (Å²) in [6.45, 7) is 9.86. The molecule has 1 rings (SSSR count). The summed E-state index contributed by atoms with van der Waals surface area (Å²) < 4.78 is 5.14. The number of amides is 1. The Bertz CT molecular complexity index is 556. The zero-order valence-electron chi connectivity index (χ0n) is 14.7. The van der Waals surface area contributed by atoms with E-state index in [-0.39, 0.29) is 11.7 Å². The standard InChI is InChI=1S/C18H27NO3/c1-17(2,3)16(21)18(4,5)12-19(6)15(20)13-9-8-10-14(11-13)22-7/h8-11H,12H2,1-7H3. The quantitative estimate of drug-likeness (QED) is 0.837. The van der Waals surface area contributed by atoms with Crippen LogP contribution in [0, 0.1) is 10.8 Å². The minimum absolute atomic E-state index is 0.117. The van der Waals surface area contributed by atoms with E-state index in [2.05, 4.69) is 0 Å². The topological polar surface area (TPSA) is 46.6 Å². The first-order chi connectivity index (χ1) is 9.99. The molecule has 0 N–H and O–H groups in total. The number of benzene rings is 1. The Kier molecular flexibility index (Phi) is 5.39. The number of hydrogen-bond acceptors (Lipinski definition) is 3. The Labute approximate surface area is 133 Å². The summed E-state index contributed by atoms with van der Waals surface area (Å²) in [5, 5.41) is 0. The molecule has 0 aliphatic rings. The largest absolute Gasteiger partial charge is 0.497 e. The first-order valence-electron chi connectivity index (χ1n) is 7.43. The third kappa shape index (κ3) is 4.33. The Morgan fingerprint density at radius 2 is 1.73 bits per heavy atom. The van der Waals surface area contributed by atoms with Gasteiger partial charge in [-0.1, -0.05) is 40.7 Å². The molecule has 0 aliphatic heterocycles. The lowest BCUT2D eigenvalue weighted by Gasteiger charge is -2.34. The molecule has 4 nitrogen and oxygen atoms in total. The van der Waals surface area contributed by atoms with Gasteiger partial charge in [-0.05, 0) is 18.2 Å². The number of Topliss-reactive ketones (excluding diaryl/α,β-unsaturated/α-hetero) is 1. The summed E-state index contributed by atoms with van der Waals surface area (Å²) in [5.41, 5.74) is -0.467. The van der Waals surface area contributed by atoms with Gasteiger partial charge in [0.2, 0.25) is 0 Å². The maximum Gasteiger partial charge on any atom is 0.253 e. The van der Waals surface area contributed by atoms with Crippen molar-refractivity contribution >= 4 is 11.7 Å². The molecule has 0 unspecified atom stereocenters. The Morgan fingerprint density at radius 1 is 1.14 bits per heavy atom. The molecule has 1 aromatic rings. The lowest BCUT2D eigenvalue weighted by atomic mass is 9.74. The molecule has 0 atom stereocenters. The molecule has 0 bridgehead atoms. The monoisotopic (exact) mass is 305 g/mol. The number of rotatable bonds is 5. The molecule has 0 heterocycles. The second kappa shape index (κ2) is 6.51. The van der Waals surface area contributed by atoms with Crippen molar-refractivity contribution in [2.75, 3.05) is 20.7 Å². The fourth-order valence-electron chi connectivity index (χ4n) is 2.73. The van der Waals surface area contributed by atoms with Gasteiger partial charge in [-0.3, -0.25) is 9.59 Å². The molecule has 0 spiro atoms. The molecule has 1 amide bonds. The maximum absolute atomic E-state index is 12.5. The van der Waals surface area contributed by atoms with E-state index in [0.717, 1.165) is 0 Å². The van der Waals surface area contributed by atoms with Gasteiger partial charge in [0, 0.05) is 30.0 Å². The van der Waals surface area contributed by atoms with Crippen molar-refractivity contribution in [1.29, 1.82) is 0 Å². The number of nitrogens with zero attached hydrogens (tertiary/aromatic N) is 1. The summed E-state index contributed by atoms with van der Waals surface area (Å²) in [7, 11) is 3.29. The minimum Gasteiger partial charge on any atom is -0.497 e. The summed E-state index contributed by atoms with van der Waals surface area (Å²) in [6.07, 6.45) is 0. The smallest absolute Gasteiger partial charge is 0.253 e. The van der Waals surface area contributed by atoms with Crippen LogP contribution in [0.25, 0.3) is 0 Å². The highest BCUT2D eigenvalue weighted by molar-refractivity contribution is 5.95. The molecule has 1 aromatic carbocycles. The lowest BCUT2D eigenvalue weighted by molar-refractivity contribution is -0.135. The second-order valence-electron chi connectivity index (χ2n) is 7.36. The zero-order valence-corrected chi connectivity index (χ0v) is 14.7. The van der Waals surface area contributed by atoms with Gasteiger partial charge in [0.1, 0.15) is 11.5 Å². The maximum atomic E-state index is 12.5. The molecule has 22 heavy (non-hydrogen) atoms. The first-order valence-corrected chi connectivity index (χ1v) is 7.43. The van der Waals surface area contributed by atoms with Crippen LogP contribution in [0.15, 0.2) is 24.3 Å². The van der Waals surface area contributed by atoms with Crippen molar-refractivity contribution < 1.29 is 14.3 Å². The van der Waals surface area contributed by atoms with Crippen molar-refractivity contribution in [2.24, 2.45) is 10.8 Å². The van der Waals surface area contributed by atoms with Crippen LogP contribution in [0.2, 0.25) is 0 Å². The highest BCUT2D eigenvalue weighted by atomic mass is 16.5. The highest BCUT2D eigenvalue weighted by Crippen LogP contribution is 2.30. The van der Waals surface area contributed by atoms with E-state index in [9.17, 15) is 9.59 Å². The molecule has 0 saturated carbocycles. The van der Waals surface area contributed by atoms with E-state index < -0.39 is 10.8 Å². The van der Waals surface area contributed by atoms with Crippen LogP contribution >= 0.6 is 0 Å². The fraction of sp³-hybridized carbons (Fsp3) is 0.556. The zero-order chi connectivity index (χ0) is 17.1. The second-order valence-corrected chi connectivity index (χ2v) is 7.36. The summed E-state index contributed by atoms with van der Waals surface area (Å²) in [4.78, 5) is 26.6. The van der Waals surface area contributed by atoms with Crippen molar-refractivity contribution in [3.63, 3.8) is 0 Å². The number of methoxy groups -OCH3 is 1. The molecular weight excluding hydrogens is 278 g/mol. The van der Waals surface area contributed by atoms with Crippen molar-refractivity contribution in [2.45, 2.75) is 34.6 Å². The van der Waals surface area contributed by atoms with Gasteiger partial charge in [0.05, 0.1) is 7.11 Å². The van der Waals surface area contributed by atoms with E-state index in [1.165, 1.54) is 0 Å². The Morgan fingerprint density at radius 3 is 2.23 bits per heavy atom. The van der Waals surface area contributed by atoms with Crippen LogP contribution in [0.4, 0.5) is 0 Å². The van der Waals surface area contributed by atoms with Crippen molar-refractivity contribution in [3.8, 4) is 5.75 Å². The number of carbonyl (C=O) groups excluding carboxylic acids is 2. The molecule has 0 aliphatic carbocycles. The van der Waals surface area contributed by atoms with Gasteiger partial charge in [0.15, 0.2) is 0 Å². The van der Waals surface area contributed by atoms with Gasteiger partial charge in [-0.15, -0.1) is 0 Å². The SMILES string of the molecule is COc1cccc(C(=O)N(C)CC(C)(C)C(=O)C(C)(C)C)c1. The molecule has 0 fully saturated rings. The van der Waals surface area contributed by atoms with Crippen molar-refractivity contribution in [3.05, 3.63) is 29.8 Å². The van der Waals surface area contributed by atoms with Gasteiger partial charge in [0.25, 0.3) is 5.91 Å². The molecular formula is C18H27NO3. The van der Waals surface area contributed by atoms with Gasteiger partial charge < -0.3 is 9.64 Å². The average Bonchev–Trinajstić information content (AvgIpc) is 2.44. The molecule has 0 radical (unpaired) electrons. The summed E-state index contributed by atoms with van der Waals surface area (Å²) in [5.74, 6) is 0.670. The number of hydrogen-bond donors (Lipinski definition) is 0. The van der Waals surface area contributed by atoms with Crippen LogP contribution in [-0.4, -0.2) is 37.3 Å². The molecule has 0 aromatic heterocycles. The van der Waals surface area contributed by atoms with Crippen molar-refractivity contribution in [1.82, 2.24) is 4.90 Å². The lowest BCUT2D eigenvalue weighted by Crippen LogP contribution is -2.44. The number of carbonyl (C=O) groups is 2. The van der Waals surface area contributed by atoms with Crippen LogP contribution < -0.4 is 4.74 Å². The van der Waals surface area contributed by atoms with E-state index in [4.69, 9.17) is 4.74 Å². The molecule has 122 valence electrons. The third-order valence-corrected chi connectivity index (χ3v) is 3.59. The van der Waals surface area contributed by atoms with E-state index in [0.29, 0.717) is 17.9 Å².